The Morgan fingerprint density at radius 2 is 1.88 bits per heavy atom. The maximum Gasteiger partial charge on any atom is 0.251 e. The van der Waals surface area contributed by atoms with Gasteiger partial charge in [0, 0.05) is 44.0 Å². The molecule has 2 atom stereocenters. The number of anilines is 2. The van der Waals surface area contributed by atoms with E-state index in [-0.39, 0.29) is 20.6 Å². The Morgan fingerprint density at radius 1 is 1.03 bits per heavy atom. The number of hydrogen-bond donors (Lipinski definition) is 2. The van der Waals surface area contributed by atoms with Crippen molar-refractivity contribution in [3.05, 3.63) is 96.1 Å². The third-order valence-corrected chi connectivity index (χ3v) is 5.75. The van der Waals surface area contributed by atoms with Gasteiger partial charge in [0.05, 0.1) is 0 Å². The second kappa shape index (κ2) is 8.75. The lowest BCUT2D eigenvalue weighted by Gasteiger charge is -2.10. The minimum Gasteiger partial charge on any atom is -0.349 e. The van der Waals surface area contributed by atoms with E-state index in [0.29, 0.717) is 23.0 Å². The molecule has 1 saturated carbocycles. The first-order chi connectivity index (χ1) is 15.7. The maximum atomic E-state index is 13.4. The monoisotopic (exact) mass is 430 g/mol. The van der Waals surface area contributed by atoms with Crippen LogP contribution < -0.4 is 10.6 Å². The van der Waals surface area contributed by atoms with E-state index in [1.165, 1.54) is 17.7 Å². The Labute approximate surface area is 189 Å². The van der Waals surface area contributed by atoms with E-state index in [0.717, 1.165) is 30.5 Å². The van der Waals surface area contributed by atoms with Crippen molar-refractivity contribution in [1.82, 2.24) is 15.3 Å². The molecule has 2 aromatic carbocycles. The summed E-state index contributed by atoms with van der Waals surface area (Å²) in [6.07, 6.45) is 13.1. The average Bonchev–Trinajstić information content (AvgIpc) is 3.59. The zero-order chi connectivity index (χ0) is 21.9. The van der Waals surface area contributed by atoms with Gasteiger partial charge in [-0.15, -0.1) is 0 Å². The second-order valence-electron chi connectivity index (χ2n) is 8.12. The summed E-state index contributed by atoms with van der Waals surface area (Å²) < 4.78 is 13.4. The molecule has 1 fully saturated rings. The third kappa shape index (κ3) is 4.59. The largest absolute Gasteiger partial charge is 0.349 e. The number of aromatic nitrogens is 2. The minimum atomic E-state index is -0.302. The van der Waals surface area contributed by atoms with E-state index < -0.39 is 0 Å². The molecule has 0 unspecified atom stereocenters. The molecule has 164 valence electrons. The van der Waals surface area contributed by atoms with Crippen LogP contribution in [0.1, 0.15) is 32.5 Å². The number of hydrogen-bond acceptors (Lipinski definition) is 4. The highest BCUT2D eigenvalue weighted by molar-refractivity contribution is 5.95. The van der Waals surface area contributed by atoms with Crippen molar-refractivity contribution in [2.75, 3.05) is 5.32 Å². The molecular formula is C26H27FN4O. The third-order valence-electron chi connectivity index (χ3n) is 5.75. The number of allylic oxidation sites excluding steroid dienone is 3. The van der Waals surface area contributed by atoms with Crippen LogP contribution in [0.25, 0.3) is 11.1 Å². The lowest BCUT2D eigenvalue weighted by Crippen LogP contribution is -2.27. The number of benzene rings is 2. The van der Waals surface area contributed by atoms with E-state index in [2.05, 4.69) is 38.8 Å². The van der Waals surface area contributed by atoms with Crippen LogP contribution in [0.4, 0.5) is 16.0 Å². The Hall–Kier alpha value is -3.80. The van der Waals surface area contributed by atoms with Gasteiger partial charge in [0.1, 0.15) is 5.82 Å². The molecule has 6 heteroatoms. The molecule has 1 aromatic heterocycles. The quantitative estimate of drug-likeness (QED) is 0.510. The predicted molar refractivity (Wildman–Crippen MR) is 127 cm³/mol. The van der Waals surface area contributed by atoms with Gasteiger partial charge in [0.2, 0.25) is 5.95 Å². The van der Waals surface area contributed by atoms with Crippen molar-refractivity contribution >= 4 is 17.5 Å². The van der Waals surface area contributed by atoms with E-state index >= 15 is 0 Å². The summed E-state index contributed by atoms with van der Waals surface area (Å²) in [6.45, 7) is 0. The maximum absolute atomic E-state index is 13.4. The molecule has 5 rings (SSSR count). The van der Waals surface area contributed by atoms with Crippen LogP contribution in [-0.4, -0.2) is 21.9 Å². The number of rotatable bonds is 6. The molecule has 3 aromatic rings. The van der Waals surface area contributed by atoms with Gasteiger partial charge in [-0.3, -0.25) is 4.79 Å². The van der Waals surface area contributed by atoms with Gasteiger partial charge < -0.3 is 10.6 Å². The standard InChI is InChI=1S/C26H23FN4O.2H2/c27-21-10-4-8-18(12-21)20-15-28-26(29-16-20)30-22-11-5-9-19(13-22)25(32)31-24-14-23(24)17-6-2-1-3-7-17;;/h2,4-13,15-16,23-24H,1,3,14H2,(H,31,32)(H,28,29,30);2*1H/t23-,24+;;/m0../s1. The van der Waals surface area contributed by atoms with Gasteiger partial charge in [0.15, 0.2) is 0 Å². The number of carbonyl (C=O) groups is 1. The van der Waals surface area contributed by atoms with Gasteiger partial charge in [-0.1, -0.05) is 36.4 Å². The van der Waals surface area contributed by atoms with Crippen molar-refractivity contribution in [3.8, 4) is 11.1 Å². The molecule has 0 radical (unpaired) electrons. The first kappa shape index (κ1) is 20.1. The molecule has 0 aliphatic heterocycles. The van der Waals surface area contributed by atoms with Crippen molar-refractivity contribution in [1.29, 1.82) is 0 Å². The molecule has 0 spiro atoms. The fraction of sp³-hybridized carbons (Fsp3) is 0.192. The second-order valence-corrected chi connectivity index (χ2v) is 8.12. The van der Waals surface area contributed by atoms with Crippen LogP contribution in [0.3, 0.4) is 0 Å². The average molecular weight is 431 g/mol. The Bertz CT molecular complexity index is 1210. The van der Waals surface area contributed by atoms with Crippen LogP contribution in [0, 0.1) is 11.7 Å². The topological polar surface area (TPSA) is 66.9 Å². The molecule has 2 N–H and O–H groups in total. The zero-order valence-corrected chi connectivity index (χ0v) is 17.5. The van der Waals surface area contributed by atoms with Crippen LogP contribution in [0.2, 0.25) is 0 Å². The lowest BCUT2D eigenvalue weighted by atomic mass is 10.0. The first-order valence-electron chi connectivity index (χ1n) is 10.8. The zero-order valence-electron chi connectivity index (χ0n) is 17.5. The molecule has 2 aliphatic rings. The fourth-order valence-electron chi connectivity index (χ4n) is 3.96. The smallest absolute Gasteiger partial charge is 0.251 e. The SMILES string of the molecule is O=C(N[C@@H]1C[C@H]1C1=CCCC=C1)c1cccc(Nc2ncc(-c3cccc(F)c3)cn2)c1.[HH].[HH]. The summed E-state index contributed by atoms with van der Waals surface area (Å²) in [7, 11) is 0. The van der Waals surface area contributed by atoms with Crippen molar-refractivity contribution in [2.24, 2.45) is 5.92 Å². The van der Waals surface area contributed by atoms with Gasteiger partial charge >= 0.3 is 0 Å². The highest BCUT2D eigenvalue weighted by Gasteiger charge is 2.40. The normalized spacial score (nSPS) is 19.2. The van der Waals surface area contributed by atoms with E-state index in [9.17, 15) is 9.18 Å². The minimum absolute atomic E-state index is 0. The lowest BCUT2D eigenvalue weighted by molar-refractivity contribution is 0.0950. The number of halogens is 1. The Balaban J connectivity index is 0.00000162. The Morgan fingerprint density at radius 3 is 2.66 bits per heavy atom. The van der Waals surface area contributed by atoms with E-state index in [4.69, 9.17) is 0 Å². The highest BCUT2D eigenvalue weighted by atomic mass is 19.1. The summed E-state index contributed by atoms with van der Waals surface area (Å²) in [5.41, 5.74) is 4.10. The van der Waals surface area contributed by atoms with Gasteiger partial charge in [-0.05, 0) is 60.7 Å². The van der Waals surface area contributed by atoms with Crippen LogP contribution in [-0.2, 0) is 0 Å². The molecule has 32 heavy (non-hydrogen) atoms. The van der Waals surface area contributed by atoms with Gasteiger partial charge in [0.25, 0.3) is 5.91 Å². The molecule has 0 bridgehead atoms. The van der Waals surface area contributed by atoms with Gasteiger partial charge in [-0.2, -0.15) is 0 Å². The van der Waals surface area contributed by atoms with Crippen LogP contribution >= 0.6 is 0 Å². The molecule has 1 heterocycles. The molecule has 2 aliphatic carbocycles. The Kier molecular flexibility index (Phi) is 5.50. The van der Waals surface area contributed by atoms with E-state index in [1.807, 2.05) is 18.2 Å². The summed E-state index contributed by atoms with van der Waals surface area (Å²) in [6, 6.07) is 13.8. The van der Waals surface area contributed by atoms with Crippen molar-refractivity contribution < 1.29 is 12.0 Å². The summed E-state index contributed by atoms with van der Waals surface area (Å²) >= 11 is 0. The van der Waals surface area contributed by atoms with Crippen molar-refractivity contribution in [2.45, 2.75) is 25.3 Å². The van der Waals surface area contributed by atoms with Crippen LogP contribution in [0.5, 0.6) is 0 Å². The van der Waals surface area contributed by atoms with Crippen LogP contribution in [0.15, 0.2) is 84.7 Å². The fourth-order valence-corrected chi connectivity index (χ4v) is 3.96. The molecule has 0 saturated heterocycles. The number of nitrogens with zero attached hydrogens (tertiary/aromatic N) is 2. The predicted octanol–water partition coefficient (Wildman–Crippen LogP) is 5.91. The first-order valence-corrected chi connectivity index (χ1v) is 10.8. The van der Waals surface area contributed by atoms with E-state index in [1.54, 1.807) is 30.6 Å². The molecule has 1 amide bonds. The number of amides is 1. The van der Waals surface area contributed by atoms with Gasteiger partial charge in [-0.25, -0.2) is 14.4 Å². The molecular weight excluding hydrogens is 403 g/mol. The summed E-state index contributed by atoms with van der Waals surface area (Å²) in [5, 5.41) is 6.26. The number of carbonyl (C=O) groups excluding carboxylic acids is 1. The summed E-state index contributed by atoms with van der Waals surface area (Å²) in [5.74, 6) is 0.455. The highest BCUT2D eigenvalue weighted by Crippen LogP contribution is 2.39. The summed E-state index contributed by atoms with van der Waals surface area (Å²) in [4.78, 5) is 21.4. The van der Waals surface area contributed by atoms with Crippen molar-refractivity contribution in [3.63, 3.8) is 0 Å². The molecule has 5 nitrogen and oxygen atoms in total. The number of nitrogens with one attached hydrogen (secondary N) is 2.